The molecule has 0 aliphatic carbocycles. The average Bonchev–Trinajstić information content (AvgIpc) is 2.78. The lowest BCUT2D eigenvalue weighted by Gasteiger charge is -2.36. The summed E-state index contributed by atoms with van der Waals surface area (Å²) in [6.07, 6.45) is 1.66. The zero-order valence-corrected chi connectivity index (χ0v) is 16.7. The highest BCUT2D eigenvalue weighted by atomic mass is 16.5. The first kappa shape index (κ1) is 19.0. The molecule has 0 bridgehead atoms. The van der Waals surface area contributed by atoms with E-state index in [-0.39, 0.29) is 17.0 Å². The maximum Gasteiger partial charge on any atom is 0.265 e. The second-order valence-electron chi connectivity index (χ2n) is 6.97. The number of para-hydroxylation sites is 2. The molecule has 150 valence electrons. The number of amides is 1. The smallest absolute Gasteiger partial charge is 0.265 e. The predicted molar refractivity (Wildman–Crippen MR) is 113 cm³/mol. The Morgan fingerprint density at radius 3 is 2.59 bits per heavy atom. The summed E-state index contributed by atoms with van der Waals surface area (Å²) in [7, 11) is 1.66. The van der Waals surface area contributed by atoms with Gasteiger partial charge in [0, 0.05) is 44.3 Å². The van der Waals surface area contributed by atoms with Gasteiger partial charge in [-0.05, 0) is 37.3 Å². The molecule has 3 heterocycles. The highest BCUT2D eigenvalue weighted by Gasteiger charge is 2.26. The molecular weight excluding hydrogens is 368 g/mol. The summed E-state index contributed by atoms with van der Waals surface area (Å²) in [4.78, 5) is 34.3. The van der Waals surface area contributed by atoms with Crippen molar-refractivity contribution in [3.05, 3.63) is 64.6 Å². The molecule has 1 saturated heterocycles. The number of carbonyl (C=O) groups excluding carboxylic acids is 1. The van der Waals surface area contributed by atoms with Crippen LogP contribution in [0.5, 0.6) is 5.75 Å². The van der Waals surface area contributed by atoms with Gasteiger partial charge < -0.3 is 14.5 Å². The van der Waals surface area contributed by atoms with Gasteiger partial charge in [-0.25, -0.2) is 4.98 Å². The Morgan fingerprint density at radius 2 is 1.86 bits per heavy atom. The second-order valence-corrected chi connectivity index (χ2v) is 6.97. The maximum absolute atomic E-state index is 13.1. The van der Waals surface area contributed by atoms with E-state index < -0.39 is 0 Å². The lowest BCUT2D eigenvalue weighted by molar-refractivity contribution is 0.0744. The van der Waals surface area contributed by atoms with Gasteiger partial charge in [-0.2, -0.15) is 0 Å². The summed E-state index contributed by atoms with van der Waals surface area (Å²) in [6, 6.07) is 13.2. The number of aryl methyl sites for hydroxylation is 1. The normalized spacial score (nSPS) is 14.3. The van der Waals surface area contributed by atoms with Crippen LogP contribution in [0.2, 0.25) is 0 Å². The third kappa shape index (κ3) is 3.44. The zero-order valence-electron chi connectivity index (χ0n) is 16.7. The Labute approximate surface area is 169 Å². The molecule has 4 rings (SSSR count). The fourth-order valence-electron chi connectivity index (χ4n) is 3.86. The molecule has 3 aromatic rings. The standard InChI is InChI=1S/C22H24N4O3/c1-3-26-20-16(7-6-10-23-20)15-17(22(26)28)21(27)25-13-11-24(12-14-25)18-8-4-5-9-19(18)29-2/h4-10,15H,3,11-14H2,1-2H3. The van der Waals surface area contributed by atoms with Crippen LogP contribution in [0.15, 0.2) is 53.5 Å². The monoisotopic (exact) mass is 392 g/mol. The van der Waals surface area contributed by atoms with Crippen molar-refractivity contribution < 1.29 is 9.53 Å². The van der Waals surface area contributed by atoms with E-state index in [1.807, 2.05) is 43.3 Å². The van der Waals surface area contributed by atoms with Crippen molar-refractivity contribution in [2.45, 2.75) is 13.5 Å². The summed E-state index contributed by atoms with van der Waals surface area (Å²) >= 11 is 0. The zero-order chi connectivity index (χ0) is 20.4. The molecule has 0 atom stereocenters. The lowest BCUT2D eigenvalue weighted by Crippen LogP contribution is -2.50. The molecule has 0 spiro atoms. The summed E-state index contributed by atoms with van der Waals surface area (Å²) < 4.78 is 7.02. The second kappa shape index (κ2) is 7.95. The van der Waals surface area contributed by atoms with Crippen LogP contribution in [-0.4, -0.2) is 53.6 Å². The molecule has 7 nitrogen and oxygen atoms in total. The topological polar surface area (TPSA) is 67.7 Å². The fraction of sp³-hybridized carbons (Fsp3) is 0.318. The minimum Gasteiger partial charge on any atom is -0.495 e. The van der Waals surface area contributed by atoms with E-state index in [0.717, 1.165) is 16.8 Å². The molecule has 1 aromatic carbocycles. The Bertz CT molecular complexity index is 1100. The molecule has 1 aliphatic heterocycles. The summed E-state index contributed by atoms with van der Waals surface area (Å²) in [6.45, 7) is 4.82. The van der Waals surface area contributed by atoms with Crippen molar-refractivity contribution >= 4 is 22.6 Å². The molecule has 1 amide bonds. The molecule has 0 radical (unpaired) electrons. The van der Waals surface area contributed by atoms with E-state index in [9.17, 15) is 9.59 Å². The van der Waals surface area contributed by atoms with Crippen LogP contribution in [0.4, 0.5) is 5.69 Å². The third-order valence-electron chi connectivity index (χ3n) is 5.39. The average molecular weight is 392 g/mol. The highest BCUT2D eigenvalue weighted by molar-refractivity contribution is 5.97. The SMILES string of the molecule is CCn1c(=O)c(C(=O)N2CCN(c3ccccc3OC)CC2)cc2cccnc21. The molecule has 1 aliphatic rings. The number of benzene rings is 1. The Kier molecular flexibility index (Phi) is 5.20. The number of hydrogen-bond donors (Lipinski definition) is 0. The highest BCUT2D eigenvalue weighted by Crippen LogP contribution is 2.28. The Balaban J connectivity index is 1.58. The van der Waals surface area contributed by atoms with E-state index in [1.165, 1.54) is 0 Å². The van der Waals surface area contributed by atoms with Gasteiger partial charge >= 0.3 is 0 Å². The molecule has 29 heavy (non-hydrogen) atoms. The predicted octanol–water partition coefficient (Wildman–Crippen LogP) is 2.39. The summed E-state index contributed by atoms with van der Waals surface area (Å²) in [5.41, 5.74) is 1.55. The number of fused-ring (bicyclic) bond motifs is 1. The number of anilines is 1. The van der Waals surface area contributed by atoms with Gasteiger partial charge in [0.05, 0.1) is 12.8 Å². The number of methoxy groups -OCH3 is 1. The molecular formula is C22H24N4O3. The van der Waals surface area contributed by atoms with Crippen molar-refractivity contribution in [2.75, 3.05) is 38.2 Å². The molecule has 2 aromatic heterocycles. The van der Waals surface area contributed by atoms with E-state index in [0.29, 0.717) is 38.4 Å². The maximum atomic E-state index is 13.1. The van der Waals surface area contributed by atoms with Gasteiger partial charge in [-0.15, -0.1) is 0 Å². The van der Waals surface area contributed by atoms with Crippen LogP contribution >= 0.6 is 0 Å². The number of pyridine rings is 2. The van der Waals surface area contributed by atoms with Gasteiger partial charge in [0.1, 0.15) is 17.0 Å². The van der Waals surface area contributed by atoms with E-state index in [2.05, 4.69) is 9.88 Å². The van der Waals surface area contributed by atoms with E-state index in [1.54, 1.807) is 28.8 Å². The van der Waals surface area contributed by atoms with Crippen molar-refractivity contribution in [1.82, 2.24) is 14.5 Å². The summed E-state index contributed by atoms with van der Waals surface area (Å²) in [5.74, 6) is 0.600. The van der Waals surface area contributed by atoms with E-state index >= 15 is 0 Å². The Morgan fingerprint density at radius 1 is 1.10 bits per heavy atom. The summed E-state index contributed by atoms with van der Waals surface area (Å²) in [5, 5.41) is 0.796. The number of rotatable bonds is 4. The van der Waals surface area contributed by atoms with Gasteiger partial charge in [0.2, 0.25) is 0 Å². The molecule has 0 unspecified atom stereocenters. The first-order valence-corrected chi connectivity index (χ1v) is 9.80. The van der Waals surface area contributed by atoms with Crippen LogP contribution in [-0.2, 0) is 6.54 Å². The van der Waals surface area contributed by atoms with Gasteiger partial charge in [0.15, 0.2) is 0 Å². The van der Waals surface area contributed by atoms with Gasteiger partial charge in [0.25, 0.3) is 11.5 Å². The fourth-order valence-corrected chi connectivity index (χ4v) is 3.86. The molecule has 0 saturated carbocycles. The number of ether oxygens (including phenoxy) is 1. The number of nitrogens with zero attached hydrogens (tertiary/aromatic N) is 4. The van der Waals surface area contributed by atoms with Crippen molar-refractivity contribution in [2.24, 2.45) is 0 Å². The minimum atomic E-state index is -0.282. The van der Waals surface area contributed by atoms with Crippen LogP contribution in [0.25, 0.3) is 11.0 Å². The first-order valence-electron chi connectivity index (χ1n) is 9.80. The van der Waals surface area contributed by atoms with Crippen LogP contribution in [0.1, 0.15) is 17.3 Å². The molecule has 1 fully saturated rings. The number of carbonyl (C=O) groups is 1. The van der Waals surface area contributed by atoms with Crippen molar-refractivity contribution in [3.8, 4) is 5.75 Å². The molecule has 0 N–H and O–H groups in total. The van der Waals surface area contributed by atoms with Crippen LogP contribution in [0, 0.1) is 0 Å². The number of hydrogen-bond acceptors (Lipinski definition) is 5. The minimum absolute atomic E-state index is 0.207. The number of aromatic nitrogens is 2. The lowest BCUT2D eigenvalue weighted by atomic mass is 10.1. The van der Waals surface area contributed by atoms with Crippen LogP contribution < -0.4 is 15.2 Å². The van der Waals surface area contributed by atoms with Crippen molar-refractivity contribution in [1.29, 1.82) is 0 Å². The third-order valence-corrected chi connectivity index (χ3v) is 5.39. The number of piperazine rings is 1. The molecule has 7 heteroatoms. The first-order chi connectivity index (χ1) is 14.1. The largest absolute Gasteiger partial charge is 0.495 e. The van der Waals surface area contributed by atoms with Gasteiger partial charge in [-0.1, -0.05) is 12.1 Å². The Hall–Kier alpha value is -3.35. The van der Waals surface area contributed by atoms with Crippen LogP contribution in [0.3, 0.4) is 0 Å². The van der Waals surface area contributed by atoms with Crippen molar-refractivity contribution in [3.63, 3.8) is 0 Å². The quantitative estimate of drug-likeness (QED) is 0.682. The van der Waals surface area contributed by atoms with E-state index in [4.69, 9.17) is 4.74 Å². The van der Waals surface area contributed by atoms with Gasteiger partial charge in [-0.3, -0.25) is 14.2 Å².